The summed E-state index contributed by atoms with van der Waals surface area (Å²) in [5, 5.41) is 3.81. The second-order valence-corrected chi connectivity index (χ2v) is 5.03. The van der Waals surface area contributed by atoms with Gasteiger partial charge in [-0.25, -0.2) is 0 Å². The SMILES string of the molecule is CCC1(C2CCCN2C)CCCCN1. The lowest BCUT2D eigenvalue weighted by Gasteiger charge is -2.45. The Hall–Kier alpha value is -0.0800. The minimum Gasteiger partial charge on any atom is -0.310 e. The predicted octanol–water partition coefficient (Wildman–Crippen LogP) is 2.00. The van der Waals surface area contributed by atoms with Gasteiger partial charge < -0.3 is 10.2 Å². The molecule has 2 saturated heterocycles. The van der Waals surface area contributed by atoms with Crippen LogP contribution in [0.4, 0.5) is 0 Å². The van der Waals surface area contributed by atoms with Gasteiger partial charge in [-0.2, -0.15) is 0 Å². The summed E-state index contributed by atoms with van der Waals surface area (Å²) < 4.78 is 0. The third kappa shape index (κ3) is 1.70. The van der Waals surface area contributed by atoms with E-state index in [0.717, 1.165) is 6.04 Å². The van der Waals surface area contributed by atoms with E-state index in [2.05, 4.69) is 24.2 Å². The Balaban J connectivity index is 2.09. The van der Waals surface area contributed by atoms with Gasteiger partial charge in [0.05, 0.1) is 0 Å². The van der Waals surface area contributed by atoms with E-state index in [9.17, 15) is 0 Å². The topological polar surface area (TPSA) is 15.3 Å². The van der Waals surface area contributed by atoms with Crippen molar-refractivity contribution in [1.29, 1.82) is 0 Å². The summed E-state index contributed by atoms with van der Waals surface area (Å²) in [5.41, 5.74) is 0.448. The zero-order valence-corrected chi connectivity index (χ0v) is 9.68. The van der Waals surface area contributed by atoms with Crippen LogP contribution in [-0.4, -0.2) is 36.6 Å². The van der Waals surface area contributed by atoms with Crippen LogP contribution < -0.4 is 5.32 Å². The molecule has 2 fully saturated rings. The molecule has 0 aromatic carbocycles. The van der Waals surface area contributed by atoms with Gasteiger partial charge in [0.25, 0.3) is 0 Å². The number of piperidine rings is 1. The largest absolute Gasteiger partial charge is 0.310 e. The summed E-state index contributed by atoms with van der Waals surface area (Å²) >= 11 is 0. The van der Waals surface area contributed by atoms with Gasteiger partial charge in [-0.3, -0.25) is 0 Å². The normalized spacial score (nSPS) is 40.3. The molecule has 0 amide bonds. The standard InChI is InChI=1S/C12H24N2/c1-3-12(8-4-5-9-13-12)11-7-6-10-14(11)2/h11,13H,3-10H2,1-2H3. The molecule has 14 heavy (non-hydrogen) atoms. The summed E-state index contributed by atoms with van der Waals surface area (Å²) in [7, 11) is 2.30. The van der Waals surface area contributed by atoms with Gasteiger partial charge in [0, 0.05) is 11.6 Å². The van der Waals surface area contributed by atoms with E-state index in [0.29, 0.717) is 5.54 Å². The number of rotatable bonds is 2. The molecule has 0 aromatic heterocycles. The van der Waals surface area contributed by atoms with E-state index >= 15 is 0 Å². The van der Waals surface area contributed by atoms with Crippen molar-refractivity contribution in [3.05, 3.63) is 0 Å². The fraction of sp³-hybridized carbons (Fsp3) is 1.00. The van der Waals surface area contributed by atoms with Crippen LogP contribution in [-0.2, 0) is 0 Å². The van der Waals surface area contributed by atoms with Gasteiger partial charge in [0.15, 0.2) is 0 Å². The highest BCUT2D eigenvalue weighted by atomic mass is 15.2. The molecule has 2 aliphatic heterocycles. The third-order valence-electron chi connectivity index (χ3n) is 4.32. The van der Waals surface area contributed by atoms with Crippen molar-refractivity contribution in [1.82, 2.24) is 10.2 Å². The van der Waals surface area contributed by atoms with Gasteiger partial charge in [-0.15, -0.1) is 0 Å². The molecule has 0 aromatic rings. The van der Waals surface area contributed by atoms with Crippen LogP contribution in [0.2, 0.25) is 0 Å². The fourth-order valence-electron chi connectivity index (χ4n) is 3.42. The first-order chi connectivity index (χ1) is 6.78. The maximum atomic E-state index is 3.81. The number of nitrogens with one attached hydrogen (secondary N) is 1. The van der Waals surface area contributed by atoms with Gasteiger partial charge in [-0.1, -0.05) is 13.3 Å². The summed E-state index contributed by atoms with van der Waals surface area (Å²) in [6.45, 7) is 4.89. The molecule has 0 bridgehead atoms. The van der Waals surface area contributed by atoms with Crippen molar-refractivity contribution in [2.75, 3.05) is 20.1 Å². The molecule has 2 rings (SSSR count). The summed E-state index contributed by atoms with van der Waals surface area (Å²) in [4.78, 5) is 2.57. The van der Waals surface area contributed by atoms with Crippen molar-refractivity contribution in [2.24, 2.45) is 0 Å². The summed E-state index contributed by atoms with van der Waals surface area (Å²) in [6, 6.07) is 0.799. The molecular formula is C12H24N2. The second-order valence-electron chi connectivity index (χ2n) is 5.03. The lowest BCUT2D eigenvalue weighted by Crippen LogP contribution is -2.59. The zero-order chi connectivity index (χ0) is 10.0. The molecule has 0 radical (unpaired) electrons. The molecule has 82 valence electrons. The number of hydrogen-bond acceptors (Lipinski definition) is 2. The van der Waals surface area contributed by atoms with Gasteiger partial charge >= 0.3 is 0 Å². The maximum Gasteiger partial charge on any atom is 0.0334 e. The molecule has 2 aliphatic rings. The van der Waals surface area contributed by atoms with Crippen LogP contribution in [0.25, 0.3) is 0 Å². The third-order valence-corrected chi connectivity index (χ3v) is 4.32. The van der Waals surface area contributed by atoms with Crippen LogP contribution >= 0.6 is 0 Å². The molecule has 0 saturated carbocycles. The van der Waals surface area contributed by atoms with Crippen molar-refractivity contribution >= 4 is 0 Å². The Morgan fingerprint density at radius 1 is 1.36 bits per heavy atom. The van der Waals surface area contributed by atoms with Crippen molar-refractivity contribution in [3.63, 3.8) is 0 Å². The first kappa shape index (κ1) is 10.4. The first-order valence-corrected chi connectivity index (χ1v) is 6.24. The molecular weight excluding hydrogens is 172 g/mol. The van der Waals surface area contributed by atoms with E-state index < -0.39 is 0 Å². The number of likely N-dealkylation sites (N-methyl/N-ethyl adjacent to an activating group) is 1. The van der Waals surface area contributed by atoms with E-state index in [1.807, 2.05) is 0 Å². The van der Waals surface area contributed by atoms with Crippen LogP contribution in [0.1, 0.15) is 45.4 Å². The number of nitrogens with zero attached hydrogens (tertiary/aromatic N) is 1. The van der Waals surface area contributed by atoms with E-state index in [1.54, 1.807) is 0 Å². The Bertz CT molecular complexity index is 185. The summed E-state index contributed by atoms with van der Waals surface area (Å²) in [5.74, 6) is 0. The Kier molecular flexibility index (Phi) is 3.13. The Morgan fingerprint density at radius 3 is 2.71 bits per heavy atom. The van der Waals surface area contributed by atoms with Gasteiger partial charge in [0.2, 0.25) is 0 Å². The molecule has 2 heterocycles. The quantitative estimate of drug-likeness (QED) is 0.727. The van der Waals surface area contributed by atoms with Crippen LogP contribution in [0.3, 0.4) is 0 Å². The second kappa shape index (κ2) is 4.19. The van der Waals surface area contributed by atoms with Gasteiger partial charge in [-0.05, 0) is 52.2 Å². The minimum absolute atomic E-state index is 0.448. The van der Waals surface area contributed by atoms with Crippen molar-refractivity contribution in [3.8, 4) is 0 Å². The Labute approximate surface area is 88.1 Å². The lowest BCUT2D eigenvalue weighted by atomic mass is 9.79. The van der Waals surface area contributed by atoms with Gasteiger partial charge in [0.1, 0.15) is 0 Å². The maximum absolute atomic E-state index is 3.81. The van der Waals surface area contributed by atoms with Crippen molar-refractivity contribution < 1.29 is 0 Å². The lowest BCUT2D eigenvalue weighted by molar-refractivity contribution is 0.118. The van der Waals surface area contributed by atoms with Crippen LogP contribution in [0.5, 0.6) is 0 Å². The number of hydrogen-bond donors (Lipinski definition) is 1. The fourth-order valence-corrected chi connectivity index (χ4v) is 3.42. The minimum atomic E-state index is 0.448. The predicted molar refractivity (Wildman–Crippen MR) is 60.5 cm³/mol. The molecule has 0 spiro atoms. The van der Waals surface area contributed by atoms with Crippen molar-refractivity contribution in [2.45, 2.75) is 57.0 Å². The molecule has 2 nitrogen and oxygen atoms in total. The Morgan fingerprint density at radius 2 is 2.21 bits per heavy atom. The molecule has 2 atom stereocenters. The average molecular weight is 196 g/mol. The monoisotopic (exact) mass is 196 g/mol. The molecule has 2 heteroatoms. The molecule has 0 aliphatic carbocycles. The smallest absolute Gasteiger partial charge is 0.0334 e. The number of likely N-dealkylation sites (tertiary alicyclic amines) is 1. The highest BCUT2D eigenvalue weighted by molar-refractivity contribution is 5.02. The molecule has 1 N–H and O–H groups in total. The van der Waals surface area contributed by atoms with E-state index in [4.69, 9.17) is 0 Å². The average Bonchev–Trinajstić information content (AvgIpc) is 2.66. The highest BCUT2D eigenvalue weighted by Crippen LogP contribution is 2.34. The van der Waals surface area contributed by atoms with E-state index in [1.165, 1.54) is 51.6 Å². The van der Waals surface area contributed by atoms with E-state index in [-0.39, 0.29) is 0 Å². The first-order valence-electron chi connectivity index (χ1n) is 6.24. The zero-order valence-electron chi connectivity index (χ0n) is 9.68. The highest BCUT2D eigenvalue weighted by Gasteiger charge is 2.41. The molecule has 2 unspecified atom stereocenters. The van der Waals surface area contributed by atoms with Crippen LogP contribution in [0, 0.1) is 0 Å². The van der Waals surface area contributed by atoms with Crippen LogP contribution in [0.15, 0.2) is 0 Å². The summed E-state index contributed by atoms with van der Waals surface area (Å²) in [6.07, 6.45) is 8.27.